The van der Waals surface area contributed by atoms with Crippen LogP contribution in [0, 0.1) is 0 Å². The first-order chi connectivity index (χ1) is 16.6. The molecule has 0 aliphatic rings. The Morgan fingerprint density at radius 3 is 2.44 bits per heavy atom. The maximum Gasteiger partial charge on any atom is 0.267 e. The smallest absolute Gasteiger partial charge is 0.267 e. The van der Waals surface area contributed by atoms with E-state index >= 15 is 0 Å². The lowest BCUT2D eigenvalue weighted by Gasteiger charge is -2.22. The lowest BCUT2D eigenvalue weighted by Crippen LogP contribution is -2.37. The first-order valence-corrected chi connectivity index (χ1v) is 10.6. The molecule has 0 saturated heterocycles. The zero-order chi connectivity index (χ0) is 23.9. The van der Waals surface area contributed by atoms with Crippen LogP contribution in [0.2, 0.25) is 0 Å². The van der Waals surface area contributed by atoms with Crippen LogP contribution in [0.3, 0.4) is 0 Å². The molecule has 0 unspecified atom stereocenters. The summed E-state index contributed by atoms with van der Waals surface area (Å²) in [4.78, 5) is 31.9. The maximum atomic E-state index is 13.4. The summed E-state index contributed by atoms with van der Waals surface area (Å²) in [5.41, 5.74) is 1.68. The Kier molecular flexibility index (Phi) is 6.98. The van der Waals surface area contributed by atoms with E-state index in [1.165, 1.54) is 6.07 Å². The lowest BCUT2D eigenvalue weighted by atomic mass is 10.1. The molecule has 4 aromatic rings. The summed E-state index contributed by atoms with van der Waals surface area (Å²) in [6.45, 7) is 0.0667. The summed E-state index contributed by atoms with van der Waals surface area (Å²) in [5, 5.41) is 4.45. The molecule has 2 aromatic carbocycles. The normalized spacial score (nSPS) is 10.5. The number of hydrogen-bond acceptors (Lipinski definition) is 6. The first kappa shape index (κ1) is 22.7. The average Bonchev–Trinajstić information content (AvgIpc) is 2.89. The van der Waals surface area contributed by atoms with E-state index in [9.17, 15) is 9.59 Å². The van der Waals surface area contributed by atoms with Crippen LogP contribution >= 0.6 is 0 Å². The number of ether oxygens (including phenoxy) is 2. The molecular formula is C26H24N4O4. The van der Waals surface area contributed by atoms with Gasteiger partial charge in [0.25, 0.3) is 5.56 Å². The molecule has 172 valence electrons. The van der Waals surface area contributed by atoms with Gasteiger partial charge in [0, 0.05) is 17.8 Å². The number of anilines is 1. The Hall–Kier alpha value is -4.46. The number of rotatable bonds is 8. The first-order valence-electron chi connectivity index (χ1n) is 10.6. The molecule has 0 atom stereocenters. The molecule has 4 rings (SSSR count). The molecule has 0 aliphatic carbocycles. The number of carbonyl (C=O) groups excluding carboxylic acids is 1. The zero-order valence-corrected chi connectivity index (χ0v) is 18.9. The van der Waals surface area contributed by atoms with Crippen molar-refractivity contribution in [2.45, 2.75) is 13.1 Å². The van der Waals surface area contributed by atoms with E-state index in [-0.39, 0.29) is 18.0 Å². The number of hydrogen-bond donors (Lipinski definition) is 0. The van der Waals surface area contributed by atoms with Crippen LogP contribution in [0.5, 0.6) is 11.5 Å². The van der Waals surface area contributed by atoms with Crippen LogP contribution in [-0.2, 0) is 17.9 Å². The maximum absolute atomic E-state index is 13.4. The number of carbonyl (C=O) groups is 1. The molecule has 0 N–H and O–H groups in total. The van der Waals surface area contributed by atoms with Gasteiger partial charge in [0.15, 0.2) is 0 Å². The van der Waals surface area contributed by atoms with E-state index in [2.05, 4.69) is 10.1 Å². The third-order valence-electron chi connectivity index (χ3n) is 5.24. The van der Waals surface area contributed by atoms with Gasteiger partial charge in [-0.3, -0.25) is 14.5 Å². The predicted octanol–water partition coefficient (Wildman–Crippen LogP) is 3.56. The largest absolute Gasteiger partial charge is 0.497 e. The van der Waals surface area contributed by atoms with Crippen molar-refractivity contribution in [2.24, 2.45) is 0 Å². The van der Waals surface area contributed by atoms with Gasteiger partial charge in [-0.1, -0.05) is 36.4 Å². The van der Waals surface area contributed by atoms with Gasteiger partial charge < -0.3 is 9.47 Å². The summed E-state index contributed by atoms with van der Waals surface area (Å²) in [6.07, 6.45) is 1.63. The van der Waals surface area contributed by atoms with Gasteiger partial charge in [0.1, 0.15) is 23.9 Å². The summed E-state index contributed by atoms with van der Waals surface area (Å²) < 4.78 is 11.9. The monoisotopic (exact) mass is 456 g/mol. The standard InChI is InChI=1S/C26H24N4O4/c1-33-20-11-13-23(34-2)21(16-20)22-12-14-25(31)30(28-22)18-26(32)29(24-10-6-7-15-27-24)17-19-8-4-3-5-9-19/h3-16H,17-18H2,1-2H3. The van der Waals surface area contributed by atoms with Crippen LogP contribution in [0.4, 0.5) is 5.82 Å². The van der Waals surface area contributed by atoms with E-state index in [4.69, 9.17) is 9.47 Å². The zero-order valence-electron chi connectivity index (χ0n) is 18.9. The fraction of sp³-hybridized carbons (Fsp3) is 0.154. The van der Waals surface area contributed by atoms with Crippen molar-refractivity contribution in [1.82, 2.24) is 14.8 Å². The Bertz CT molecular complexity index is 1320. The fourth-order valence-electron chi connectivity index (χ4n) is 3.51. The van der Waals surface area contributed by atoms with Crippen molar-refractivity contribution in [3.8, 4) is 22.8 Å². The molecule has 0 aliphatic heterocycles. The molecule has 0 spiro atoms. The van der Waals surface area contributed by atoms with Gasteiger partial charge in [-0.25, -0.2) is 9.67 Å². The summed E-state index contributed by atoms with van der Waals surface area (Å²) in [5.74, 6) is 1.38. The molecule has 0 fully saturated rings. The van der Waals surface area contributed by atoms with Crippen molar-refractivity contribution in [3.05, 3.63) is 101 Å². The highest BCUT2D eigenvalue weighted by atomic mass is 16.5. The summed E-state index contributed by atoms with van der Waals surface area (Å²) >= 11 is 0. The quantitative estimate of drug-likeness (QED) is 0.403. The minimum atomic E-state index is -0.389. The van der Waals surface area contributed by atoms with Crippen molar-refractivity contribution < 1.29 is 14.3 Å². The van der Waals surface area contributed by atoms with Gasteiger partial charge >= 0.3 is 0 Å². The molecule has 34 heavy (non-hydrogen) atoms. The SMILES string of the molecule is COc1ccc(OC)c(-c2ccc(=O)n(CC(=O)N(Cc3ccccc3)c3ccccn3)n2)c1. The Balaban J connectivity index is 1.67. The predicted molar refractivity (Wildman–Crippen MR) is 129 cm³/mol. The highest BCUT2D eigenvalue weighted by Crippen LogP contribution is 2.31. The molecule has 0 bridgehead atoms. The second kappa shape index (κ2) is 10.4. The van der Waals surface area contributed by atoms with Gasteiger partial charge in [-0.15, -0.1) is 0 Å². The molecule has 2 aromatic heterocycles. The second-order valence-electron chi connectivity index (χ2n) is 7.43. The van der Waals surface area contributed by atoms with Crippen LogP contribution < -0.4 is 19.9 Å². The summed E-state index contributed by atoms with van der Waals surface area (Å²) in [7, 11) is 3.12. The molecule has 8 nitrogen and oxygen atoms in total. The number of pyridine rings is 1. The van der Waals surface area contributed by atoms with Crippen LogP contribution in [0.25, 0.3) is 11.3 Å². The van der Waals surface area contributed by atoms with Crippen molar-refractivity contribution >= 4 is 11.7 Å². The summed E-state index contributed by atoms with van der Waals surface area (Å²) in [6, 6.07) is 23.3. The second-order valence-corrected chi connectivity index (χ2v) is 7.43. The Morgan fingerprint density at radius 2 is 1.74 bits per heavy atom. The van der Waals surface area contributed by atoms with Crippen molar-refractivity contribution in [3.63, 3.8) is 0 Å². The van der Waals surface area contributed by atoms with Crippen molar-refractivity contribution in [1.29, 1.82) is 0 Å². The highest BCUT2D eigenvalue weighted by Gasteiger charge is 2.20. The van der Waals surface area contributed by atoms with E-state index in [1.54, 1.807) is 61.7 Å². The van der Waals surface area contributed by atoms with Gasteiger partial charge in [-0.05, 0) is 42.0 Å². The number of amides is 1. The van der Waals surface area contributed by atoms with Crippen molar-refractivity contribution in [2.75, 3.05) is 19.1 Å². The lowest BCUT2D eigenvalue weighted by molar-refractivity contribution is -0.119. The van der Waals surface area contributed by atoms with Crippen LogP contribution in [0.15, 0.2) is 89.9 Å². The van der Waals surface area contributed by atoms with E-state index in [0.717, 1.165) is 10.2 Å². The Morgan fingerprint density at radius 1 is 0.941 bits per heavy atom. The number of benzene rings is 2. The molecular weight excluding hydrogens is 432 g/mol. The minimum Gasteiger partial charge on any atom is -0.497 e. The van der Waals surface area contributed by atoms with Gasteiger partial charge in [-0.2, -0.15) is 5.10 Å². The molecule has 0 saturated carbocycles. The highest BCUT2D eigenvalue weighted by molar-refractivity contribution is 5.92. The van der Waals surface area contributed by atoms with E-state index in [0.29, 0.717) is 35.1 Å². The molecule has 2 heterocycles. The number of nitrogens with zero attached hydrogens (tertiary/aromatic N) is 4. The third-order valence-corrected chi connectivity index (χ3v) is 5.24. The van der Waals surface area contributed by atoms with Crippen LogP contribution in [0.1, 0.15) is 5.56 Å². The third kappa shape index (κ3) is 5.12. The molecule has 0 radical (unpaired) electrons. The van der Waals surface area contributed by atoms with Crippen LogP contribution in [-0.4, -0.2) is 34.9 Å². The van der Waals surface area contributed by atoms with E-state index < -0.39 is 0 Å². The fourth-order valence-corrected chi connectivity index (χ4v) is 3.51. The Labute approximate surface area is 197 Å². The minimum absolute atomic E-state index is 0.248. The molecule has 8 heteroatoms. The van der Waals surface area contributed by atoms with Gasteiger partial charge in [0.05, 0.1) is 26.5 Å². The number of aromatic nitrogens is 3. The topological polar surface area (TPSA) is 86.5 Å². The average molecular weight is 457 g/mol. The molecule has 1 amide bonds. The van der Waals surface area contributed by atoms with Gasteiger partial charge in [0.2, 0.25) is 5.91 Å². The number of methoxy groups -OCH3 is 2. The van der Waals surface area contributed by atoms with E-state index in [1.807, 2.05) is 36.4 Å².